The van der Waals surface area contributed by atoms with Crippen LogP contribution in [0.4, 0.5) is 0 Å². The minimum atomic E-state index is -1.24. The van der Waals surface area contributed by atoms with Gasteiger partial charge in [-0.1, -0.05) is 19.1 Å². The third-order valence-corrected chi connectivity index (χ3v) is 5.42. The molecule has 2 saturated heterocycles. The summed E-state index contributed by atoms with van der Waals surface area (Å²) in [7, 11) is 1.28. The van der Waals surface area contributed by atoms with Crippen molar-refractivity contribution in [2.24, 2.45) is 11.8 Å². The zero-order valence-corrected chi connectivity index (χ0v) is 14.5. The predicted molar refractivity (Wildman–Crippen MR) is 88.4 cm³/mol. The molecular weight excluding hydrogens is 324 g/mol. The van der Waals surface area contributed by atoms with Crippen LogP contribution in [-0.2, 0) is 19.1 Å². The van der Waals surface area contributed by atoms with Gasteiger partial charge in [0, 0.05) is 12.6 Å². The summed E-state index contributed by atoms with van der Waals surface area (Å²) >= 11 is 0. The van der Waals surface area contributed by atoms with Crippen LogP contribution in [0.3, 0.4) is 0 Å². The Morgan fingerprint density at radius 3 is 2.40 bits per heavy atom. The molecule has 25 heavy (non-hydrogen) atoms. The summed E-state index contributed by atoms with van der Waals surface area (Å²) in [5.74, 6) is -2.50. The van der Waals surface area contributed by atoms with Gasteiger partial charge in [0.2, 0.25) is 11.8 Å². The van der Waals surface area contributed by atoms with Gasteiger partial charge in [0.15, 0.2) is 0 Å². The van der Waals surface area contributed by atoms with Gasteiger partial charge in [-0.3, -0.25) is 24.6 Å². The molecule has 0 saturated carbocycles. The van der Waals surface area contributed by atoms with Crippen molar-refractivity contribution in [3.63, 3.8) is 0 Å². The number of fused-ring (bicyclic) bond motifs is 1. The second-order valence-electron chi connectivity index (χ2n) is 6.45. The summed E-state index contributed by atoms with van der Waals surface area (Å²) in [4.78, 5) is 39.5. The minimum absolute atomic E-state index is 0.108. The number of nitrogens with zero attached hydrogens (tertiary/aromatic N) is 1. The van der Waals surface area contributed by atoms with Crippen LogP contribution in [0, 0.1) is 11.8 Å². The van der Waals surface area contributed by atoms with Crippen molar-refractivity contribution >= 4 is 17.8 Å². The van der Waals surface area contributed by atoms with Gasteiger partial charge < -0.3 is 9.84 Å². The van der Waals surface area contributed by atoms with Crippen molar-refractivity contribution < 1.29 is 24.2 Å². The molecule has 0 spiro atoms. The quantitative estimate of drug-likeness (QED) is 0.623. The van der Waals surface area contributed by atoms with E-state index < -0.39 is 29.4 Å². The molecule has 0 unspecified atom stereocenters. The molecule has 4 atom stereocenters. The summed E-state index contributed by atoms with van der Waals surface area (Å²) < 4.78 is 4.97. The van der Waals surface area contributed by atoms with Crippen LogP contribution < -0.4 is 5.32 Å². The molecule has 2 amide bonds. The van der Waals surface area contributed by atoms with Crippen molar-refractivity contribution in [1.29, 1.82) is 0 Å². The summed E-state index contributed by atoms with van der Waals surface area (Å²) in [5, 5.41) is 12.7. The molecule has 2 aliphatic heterocycles. The Bertz CT molecular complexity index is 717. The number of methoxy groups -OCH3 is 1. The number of likely N-dealkylation sites (tertiary alicyclic amines) is 1. The standard InChI is InChI=1S/C18H22N2O5/c1-4-18(17(24)25-3)13-12(15(22)20(5-2)16(13)23)14(19-18)10-6-8-11(21)9-7-10/h6-9,12-14,19,21H,4-5H2,1-3H3/t12-,13+,14-,18-/m0/s1. The number of esters is 1. The molecule has 0 radical (unpaired) electrons. The summed E-state index contributed by atoms with van der Waals surface area (Å²) in [6.07, 6.45) is 0.325. The van der Waals surface area contributed by atoms with E-state index in [4.69, 9.17) is 4.74 Å². The van der Waals surface area contributed by atoms with E-state index in [1.807, 2.05) is 0 Å². The topological polar surface area (TPSA) is 95.9 Å². The normalized spacial score (nSPS) is 31.3. The van der Waals surface area contributed by atoms with Gasteiger partial charge in [0.25, 0.3) is 0 Å². The molecule has 2 N–H and O–H groups in total. The van der Waals surface area contributed by atoms with Crippen LogP contribution in [0.25, 0.3) is 0 Å². The number of rotatable bonds is 4. The van der Waals surface area contributed by atoms with Gasteiger partial charge in [-0.2, -0.15) is 0 Å². The van der Waals surface area contributed by atoms with E-state index in [0.29, 0.717) is 6.42 Å². The second kappa shape index (κ2) is 6.15. The van der Waals surface area contributed by atoms with E-state index in [2.05, 4.69) is 5.32 Å². The minimum Gasteiger partial charge on any atom is -0.508 e. The lowest BCUT2D eigenvalue weighted by atomic mass is 9.78. The van der Waals surface area contributed by atoms with Crippen molar-refractivity contribution in [3.05, 3.63) is 29.8 Å². The predicted octanol–water partition coefficient (Wildman–Crippen LogP) is 0.979. The van der Waals surface area contributed by atoms with E-state index in [9.17, 15) is 19.5 Å². The number of phenolic OH excluding ortho intramolecular Hbond substituents is 1. The molecule has 1 aromatic carbocycles. The molecule has 134 valence electrons. The Hall–Kier alpha value is -2.41. The van der Waals surface area contributed by atoms with Gasteiger partial charge in [0.05, 0.1) is 18.9 Å². The van der Waals surface area contributed by atoms with Crippen molar-refractivity contribution in [2.45, 2.75) is 31.8 Å². The fraction of sp³-hybridized carbons (Fsp3) is 0.500. The van der Waals surface area contributed by atoms with Gasteiger partial charge >= 0.3 is 5.97 Å². The Balaban J connectivity index is 2.13. The van der Waals surface area contributed by atoms with Crippen molar-refractivity contribution in [3.8, 4) is 5.75 Å². The van der Waals surface area contributed by atoms with E-state index in [1.54, 1.807) is 26.0 Å². The van der Waals surface area contributed by atoms with E-state index >= 15 is 0 Å². The molecule has 7 heteroatoms. The molecule has 2 fully saturated rings. The van der Waals surface area contributed by atoms with Crippen LogP contribution in [0.2, 0.25) is 0 Å². The molecule has 0 aliphatic carbocycles. The summed E-state index contributed by atoms with van der Waals surface area (Å²) in [6.45, 7) is 3.81. The molecule has 2 aliphatic rings. The molecule has 3 rings (SSSR count). The van der Waals surface area contributed by atoms with Crippen LogP contribution in [0.15, 0.2) is 24.3 Å². The van der Waals surface area contributed by atoms with Gasteiger partial charge in [-0.25, -0.2) is 0 Å². The van der Waals surface area contributed by atoms with Crippen molar-refractivity contribution in [1.82, 2.24) is 10.2 Å². The van der Waals surface area contributed by atoms with Gasteiger partial charge in [-0.15, -0.1) is 0 Å². The maximum absolute atomic E-state index is 12.9. The number of carbonyl (C=O) groups is 3. The first-order chi connectivity index (χ1) is 11.9. The first-order valence-corrected chi connectivity index (χ1v) is 8.41. The van der Waals surface area contributed by atoms with Crippen molar-refractivity contribution in [2.75, 3.05) is 13.7 Å². The molecular formula is C18H22N2O5. The fourth-order valence-electron chi connectivity index (χ4n) is 4.18. The number of amides is 2. The number of benzene rings is 1. The third-order valence-electron chi connectivity index (χ3n) is 5.42. The van der Waals surface area contributed by atoms with Gasteiger partial charge in [-0.05, 0) is 31.0 Å². The van der Waals surface area contributed by atoms with E-state index in [1.165, 1.54) is 24.1 Å². The van der Waals surface area contributed by atoms with Gasteiger partial charge in [0.1, 0.15) is 11.3 Å². The number of phenols is 1. The van der Waals surface area contributed by atoms with Crippen LogP contribution in [0.1, 0.15) is 31.9 Å². The smallest absolute Gasteiger partial charge is 0.326 e. The van der Waals surface area contributed by atoms with Crippen LogP contribution in [-0.4, -0.2) is 47.0 Å². The fourth-order valence-corrected chi connectivity index (χ4v) is 4.18. The molecule has 2 heterocycles. The maximum atomic E-state index is 12.9. The first kappa shape index (κ1) is 17.4. The SMILES string of the molecule is CCN1C(=O)[C@@H]2[C@H](c3ccc(O)cc3)N[C@](CC)(C(=O)OC)[C@H]2C1=O. The average Bonchev–Trinajstić information content (AvgIpc) is 3.10. The summed E-state index contributed by atoms with van der Waals surface area (Å²) in [6, 6.07) is 5.93. The number of carbonyl (C=O) groups excluding carboxylic acids is 3. The average molecular weight is 346 g/mol. The van der Waals surface area contributed by atoms with Crippen LogP contribution in [0.5, 0.6) is 5.75 Å². The Kier molecular flexibility index (Phi) is 4.28. The highest BCUT2D eigenvalue weighted by Crippen LogP contribution is 2.50. The monoisotopic (exact) mass is 346 g/mol. The molecule has 0 aromatic heterocycles. The number of nitrogens with one attached hydrogen (secondary N) is 1. The lowest BCUT2D eigenvalue weighted by molar-refractivity contribution is -0.154. The highest BCUT2D eigenvalue weighted by molar-refractivity contribution is 6.09. The number of aromatic hydroxyl groups is 1. The Morgan fingerprint density at radius 1 is 1.24 bits per heavy atom. The highest BCUT2D eigenvalue weighted by Gasteiger charge is 2.67. The lowest BCUT2D eigenvalue weighted by Gasteiger charge is -2.31. The third kappa shape index (κ3) is 2.33. The maximum Gasteiger partial charge on any atom is 0.326 e. The lowest BCUT2D eigenvalue weighted by Crippen LogP contribution is -2.55. The second-order valence-corrected chi connectivity index (χ2v) is 6.45. The highest BCUT2D eigenvalue weighted by atomic mass is 16.5. The Labute approximate surface area is 146 Å². The largest absolute Gasteiger partial charge is 0.508 e. The van der Waals surface area contributed by atoms with Crippen LogP contribution >= 0.6 is 0 Å². The number of hydrogen-bond acceptors (Lipinski definition) is 6. The van der Waals surface area contributed by atoms with E-state index in [-0.39, 0.29) is 24.1 Å². The summed E-state index contributed by atoms with van der Waals surface area (Å²) in [5.41, 5.74) is -0.496. The number of imide groups is 1. The zero-order valence-electron chi connectivity index (χ0n) is 14.5. The molecule has 1 aromatic rings. The molecule has 7 nitrogen and oxygen atoms in total. The number of ether oxygens (including phenoxy) is 1. The first-order valence-electron chi connectivity index (χ1n) is 8.41. The zero-order chi connectivity index (χ0) is 18.4. The van der Waals surface area contributed by atoms with E-state index in [0.717, 1.165) is 5.56 Å². The number of hydrogen-bond donors (Lipinski definition) is 2. The molecule has 0 bridgehead atoms. The Morgan fingerprint density at radius 2 is 1.88 bits per heavy atom.